The molecule has 2 heterocycles. The predicted molar refractivity (Wildman–Crippen MR) is 67.1 cm³/mol. The number of nitrogens with zero attached hydrogens (tertiary/aromatic N) is 3. The van der Waals surface area contributed by atoms with Gasteiger partial charge in [-0.3, -0.25) is 0 Å². The Bertz CT molecular complexity index is 591. The first kappa shape index (κ1) is 10.5. The SMILES string of the molecule is S=c1nc(-c2ncccn2)[nH]c2c1CCCC2. The molecule has 0 saturated carbocycles. The molecule has 0 unspecified atom stereocenters. The second-order valence-electron chi connectivity index (χ2n) is 4.13. The minimum Gasteiger partial charge on any atom is -0.340 e. The highest BCUT2D eigenvalue weighted by atomic mass is 32.1. The first-order valence-electron chi connectivity index (χ1n) is 5.74. The molecular weight excluding hydrogens is 232 g/mol. The van der Waals surface area contributed by atoms with Crippen LogP contribution in [0.5, 0.6) is 0 Å². The van der Waals surface area contributed by atoms with E-state index in [1.165, 1.54) is 24.1 Å². The van der Waals surface area contributed by atoms with Gasteiger partial charge in [-0.2, -0.15) is 0 Å². The van der Waals surface area contributed by atoms with Crippen molar-refractivity contribution in [3.05, 3.63) is 34.4 Å². The van der Waals surface area contributed by atoms with Gasteiger partial charge in [0.15, 0.2) is 11.6 Å². The summed E-state index contributed by atoms with van der Waals surface area (Å²) in [7, 11) is 0. The van der Waals surface area contributed by atoms with Crippen LogP contribution in [-0.4, -0.2) is 19.9 Å². The molecule has 0 spiro atoms. The van der Waals surface area contributed by atoms with Gasteiger partial charge >= 0.3 is 0 Å². The number of aromatic amines is 1. The van der Waals surface area contributed by atoms with E-state index in [1.54, 1.807) is 18.5 Å². The lowest BCUT2D eigenvalue weighted by Crippen LogP contribution is -2.09. The molecule has 0 aliphatic heterocycles. The molecule has 0 atom stereocenters. The molecular formula is C12H12N4S. The number of hydrogen-bond acceptors (Lipinski definition) is 4. The van der Waals surface area contributed by atoms with E-state index in [9.17, 15) is 0 Å². The summed E-state index contributed by atoms with van der Waals surface area (Å²) < 4.78 is 0.695. The summed E-state index contributed by atoms with van der Waals surface area (Å²) in [5.41, 5.74) is 2.41. The fourth-order valence-electron chi connectivity index (χ4n) is 2.15. The molecule has 0 aromatic carbocycles. The molecule has 5 heteroatoms. The molecule has 17 heavy (non-hydrogen) atoms. The summed E-state index contributed by atoms with van der Waals surface area (Å²) >= 11 is 5.34. The topological polar surface area (TPSA) is 54.5 Å². The molecule has 1 N–H and O–H groups in total. The maximum absolute atomic E-state index is 5.34. The Morgan fingerprint density at radius 2 is 1.88 bits per heavy atom. The number of aromatic nitrogens is 4. The molecule has 3 rings (SSSR count). The van der Waals surface area contributed by atoms with Crippen LogP contribution in [0, 0.1) is 4.64 Å². The van der Waals surface area contributed by atoms with E-state index in [0.717, 1.165) is 12.8 Å². The van der Waals surface area contributed by atoms with E-state index in [-0.39, 0.29) is 0 Å². The van der Waals surface area contributed by atoms with E-state index < -0.39 is 0 Å². The summed E-state index contributed by atoms with van der Waals surface area (Å²) in [5.74, 6) is 1.28. The standard InChI is InChI=1S/C12H12N4S/c17-12-8-4-1-2-5-9(8)15-11(16-12)10-13-6-3-7-14-10/h3,6-7H,1-2,4-5H2,(H,15,16,17). The third-order valence-electron chi connectivity index (χ3n) is 2.99. The second-order valence-corrected chi connectivity index (χ2v) is 4.51. The van der Waals surface area contributed by atoms with Gasteiger partial charge in [0.2, 0.25) is 0 Å². The Hall–Kier alpha value is -1.62. The fraction of sp³-hybridized carbons (Fsp3) is 0.333. The van der Waals surface area contributed by atoms with Crippen molar-refractivity contribution < 1.29 is 0 Å². The number of hydrogen-bond donors (Lipinski definition) is 1. The molecule has 0 radical (unpaired) electrons. The number of rotatable bonds is 1. The van der Waals surface area contributed by atoms with Gasteiger partial charge in [0, 0.05) is 23.7 Å². The molecule has 0 amide bonds. The highest BCUT2D eigenvalue weighted by molar-refractivity contribution is 7.71. The lowest BCUT2D eigenvalue weighted by Gasteiger charge is -2.15. The monoisotopic (exact) mass is 244 g/mol. The molecule has 86 valence electrons. The van der Waals surface area contributed by atoms with Crippen LogP contribution in [0.1, 0.15) is 24.1 Å². The molecule has 1 aliphatic carbocycles. The zero-order valence-corrected chi connectivity index (χ0v) is 10.1. The lowest BCUT2D eigenvalue weighted by atomic mass is 9.97. The van der Waals surface area contributed by atoms with Crippen LogP contribution < -0.4 is 0 Å². The fourth-order valence-corrected chi connectivity index (χ4v) is 2.46. The van der Waals surface area contributed by atoms with Crippen molar-refractivity contribution in [2.45, 2.75) is 25.7 Å². The zero-order chi connectivity index (χ0) is 11.7. The van der Waals surface area contributed by atoms with Gasteiger partial charge in [-0.05, 0) is 31.7 Å². The first-order valence-corrected chi connectivity index (χ1v) is 6.15. The van der Waals surface area contributed by atoms with Crippen LogP contribution in [0.15, 0.2) is 18.5 Å². The summed E-state index contributed by atoms with van der Waals surface area (Å²) in [6.07, 6.45) is 7.90. The average Bonchev–Trinajstić information content (AvgIpc) is 2.40. The van der Waals surface area contributed by atoms with Crippen molar-refractivity contribution >= 4 is 12.2 Å². The molecule has 2 aromatic heterocycles. The third kappa shape index (κ3) is 1.98. The van der Waals surface area contributed by atoms with Crippen LogP contribution in [0.25, 0.3) is 11.6 Å². The van der Waals surface area contributed by atoms with Crippen molar-refractivity contribution in [1.82, 2.24) is 19.9 Å². The summed E-state index contributed by atoms with van der Waals surface area (Å²) in [6, 6.07) is 1.79. The van der Waals surface area contributed by atoms with Crippen LogP contribution >= 0.6 is 12.2 Å². The smallest absolute Gasteiger partial charge is 0.195 e. The van der Waals surface area contributed by atoms with Gasteiger partial charge in [-0.1, -0.05) is 12.2 Å². The van der Waals surface area contributed by atoms with Crippen molar-refractivity contribution in [1.29, 1.82) is 0 Å². The van der Waals surface area contributed by atoms with E-state index in [1.807, 2.05) is 0 Å². The molecule has 0 fully saturated rings. The van der Waals surface area contributed by atoms with Gasteiger partial charge in [-0.15, -0.1) is 0 Å². The highest BCUT2D eigenvalue weighted by Crippen LogP contribution is 2.21. The van der Waals surface area contributed by atoms with Crippen LogP contribution in [0.4, 0.5) is 0 Å². The van der Waals surface area contributed by atoms with Gasteiger partial charge in [0.25, 0.3) is 0 Å². The number of fused-ring (bicyclic) bond motifs is 1. The Balaban J connectivity index is 2.14. The Morgan fingerprint density at radius 1 is 1.12 bits per heavy atom. The molecule has 2 aromatic rings. The predicted octanol–water partition coefficient (Wildman–Crippen LogP) is 2.47. The third-order valence-corrected chi connectivity index (χ3v) is 3.32. The molecule has 0 bridgehead atoms. The minimum atomic E-state index is 0.604. The van der Waals surface area contributed by atoms with Crippen molar-refractivity contribution in [3.8, 4) is 11.6 Å². The molecule has 1 aliphatic rings. The Kier molecular flexibility index (Phi) is 2.68. The van der Waals surface area contributed by atoms with E-state index in [0.29, 0.717) is 16.3 Å². The quantitative estimate of drug-likeness (QED) is 0.783. The Morgan fingerprint density at radius 3 is 2.71 bits per heavy atom. The normalized spacial score (nSPS) is 14.4. The summed E-state index contributed by atoms with van der Waals surface area (Å²) in [6.45, 7) is 0. The summed E-state index contributed by atoms with van der Waals surface area (Å²) in [5, 5.41) is 0. The maximum atomic E-state index is 5.34. The van der Waals surface area contributed by atoms with Crippen molar-refractivity contribution in [2.24, 2.45) is 0 Å². The largest absolute Gasteiger partial charge is 0.340 e. The van der Waals surface area contributed by atoms with E-state index >= 15 is 0 Å². The van der Waals surface area contributed by atoms with Gasteiger partial charge in [0.05, 0.1) is 0 Å². The van der Waals surface area contributed by atoms with Gasteiger partial charge in [0.1, 0.15) is 4.64 Å². The molecule has 4 nitrogen and oxygen atoms in total. The Labute approximate surface area is 104 Å². The van der Waals surface area contributed by atoms with Crippen molar-refractivity contribution in [3.63, 3.8) is 0 Å². The van der Waals surface area contributed by atoms with Crippen LogP contribution in [-0.2, 0) is 12.8 Å². The van der Waals surface area contributed by atoms with Crippen LogP contribution in [0.2, 0.25) is 0 Å². The maximum Gasteiger partial charge on any atom is 0.195 e. The minimum absolute atomic E-state index is 0.604. The van der Waals surface area contributed by atoms with Crippen LogP contribution in [0.3, 0.4) is 0 Å². The lowest BCUT2D eigenvalue weighted by molar-refractivity contribution is 0.660. The first-order chi connectivity index (χ1) is 8.34. The van der Waals surface area contributed by atoms with Crippen molar-refractivity contribution in [2.75, 3.05) is 0 Å². The zero-order valence-electron chi connectivity index (χ0n) is 9.31. The summed E-state index contributed by atoms with van der Waals surface area (Å²) in [4.78, 5) is 16.1. The average molecular weight is 244 g/mol. The van der Waals surface area contributed by atoms with E-state index in [2.05, 4.69) is 19.9 Å². The second kappa shape index (κ2) is 4.33. The number of H-pyrrole nitrogens is 1. The van der Waals surface area contributed by atoms with E-state index in [4.69, 9.17) is 12.2 Å². The molecule has 0 saturated heterocycles. The highest BCUT2D eigenvalue weighted by Gasteiger charge is 2.14. The van der Waals surface area contributed by atoms with Gasteiger partial charge < -0.3 is 4.98 Å². The number of nitrogens with one attached hydrogen (secondary N) is 1. The number of aryl methyl sites for hydroxylation is 1. The van der Waals surface area contributed by atoms with Gasteiger partial charge in [-0.25, -0.2) is 15.0 Å².